The molecule has 3 rings (SSSR count). The SMILES string of the molecule is O=C([O-])C[C@H](CN1C(=O)c2ccccc2C1=O)C(=O)c1ccccc1. The van der Waals surface area contributed by atoms with Crippen LogP contribution in [0.2, 0.25) is 0 Å². The fourth-order valence-corrected chi connectivity index (χ4v) is 2.90. The molecule has 1 aliphatic heterocycles. The van der Waals surface area contributed by atoms with Crippen molar-refractivity contribution >= 4 is 23.6 Å². The van der Waals surface area contributed by atoms with Gasteiger partial charge in [0, 0.05) is 24.0 Å². The Labute approximate surface area is 143 Å². The minimum Gasteiger partial charge on any atom is -0.550 e. The van der Waals surface area contributed by atoms with Gasteiger partial charge in [-0.1, -0.05) is 42.5 Å². The molecular weight excluding hydrogens is 322 g/mol. The molecule has 1 heterocycles. The number of hydrogen-bond acceptors (Lipinski definition) is 5. The topological polar surface area (TPSA) is 94.6 Å². The van der Waals surface area contributed by atoms with Crippen LogP contribution in [0.1, 0.15) is 37.5 Å². The summed E-state index contributed by atoms with van der Waals surface area (Å²) in [5.41, 5.74) is 0.837. The van der Waals surface area contributed by atoms with Crippen LogP contribution in [0.25, 0.3) is 0 Å². The zero-order valence-corrected chi connectivity index (χ0v) is 13.2. The number of rotatable bonds is 6. The van der Waals surface area contributed by atoms with E-state index >= 15 is 0 Å². The van der Waals surface area contributed by atoms with Gasteiger partial charge in [-0.05, 0) is 18.6 Å². The molecule has 0 radical (unpaired) electrons. The first-order chi connectivity index (χ1) is 12.0. The van der Waals surface area contributed by atoms with Gasteiger partial charge in [-0.15, -0.1) is 0 Å². The monoisotopic (exact) mass is 336 g/mol. The molecule has 0 saturated heterocycles. The van der Waals surface area contributed by atoms with E-state index in [-0.39, 0.29) is 17.7 Å². The van der Waals surface area contributed by atoms with Crippen molar-refractivity contribution in [2.75, 3.05) is 6.54 Å². The lowest BCUT2D eigenvalue weighted by atomic mass is 9.94. The van der Waals surface area contributed by atoms with Gasteiger partial charge in [0.15, 0.2) is 5.78 Å². The summed E-state index contributed by atoms with van der Waals surface area (Å²) in [5, 5.41) is 11.0. The summed E-state index contributed by atoms with van der Waals surface area (Å²) in [7, 11) is 0. The lowest BCUT2D eigenvalue weighted by Gasteiger charge is -2.22. The molecular formula is C19H14NO5-. The molecule has 0 saturated carbocycles. The van der Waals surface area contributed by atoms with Crippen molar-refractivity contribution in [3.05, 3.63) is 71.3 Å². The number of amides is 2. The average Bonchev–Trinajstić information content (AvgIpc) is 2.86. The summed E-state index contributed by atoms with van der Waals surface area (Å²) in [6.45, 7) is -0.298. The van der Waals surface area contributed by atoms with E-state index < -0.39 is 35.9 Å². The van der Waals surface area contributed by atoms with Crippen molar-refractivity contribution in [3.63, 3.8) is 0 Å². The maximum absolute atomic E-state index is 12.6. The highest BCUT2D eigenvalue weighted by atomic mass is 16.4. The van der Waals surface area contributed by atoms with Crippen molar-refractivity contribution in [1.82, 2.24) is 4.90 Å². The molecule has 126 valence electrons. The zero-order valence-electron chi connectivity index (χ0n) is 13.2. The Morgan fingerprint density at radius 2 is 1.40 bits per heavy atom. The standard InChI is InChI=1S/C19H15NO5/c21-16(22)10-13(17(23)12-6-2-1-3-7-12)11-20-18(24)14-8-4-5-9-15(14)19(20)25/h1-9,13H,10-11H2,(H,21,22)/p-1/t13-/m1/s1. The number of benzene rings is 2. The first kappa shape index (κ1) is 16.6. The molecule has 1 atom stereocenters. The molecule has 0 aromatic heterocycles. The van der Waals surface area contributed by atoms with E-state index in [1.54, 1.807) is 42.5 Å². The second-order valence-corrected chi connectivity index (χ2v) is 5.77. The molecule has 0 spiro atoms. The number of carboxylic acid groups (broad SMARTS) is 1. The van der Waals surface area contributed by atoms with Gasteiger partial charge in [-0.3, -0.25) is 19.3 Å². The fraction of sp³-hybridized carbons (Fsp3) is 0.158. The highest BCUT2D eigenvalue weighted by Gasteiger charge is 2.37. The molecule has 0 bridgehead atoms. The van der Waals surface area contributed by atoms with Crippen molar-refractivity contribution in [2.45, 2.75) is 6.42 Å². The van der Waals surface area contributed by atoms with Crippen LogP contribution in [-0.4, -0.2) is 35.0 Å². The number of ketones is 1. The molecule has 6 heteroatoms. The minimum atomic E-state index is -1.41. The van der Waals surface area contributed by atoms with Crippen molar-refractivity contribution < 1.29 is 24.3 Å². The van der Waals surface area contributed by atoms with Gasteiger partial charge in [0.2, 0.25) is 0 Å². The third-order valence-electron chi connectivity index (χ3n) is 4.12. The van der Waals surface area contributed by atoms with Gasteiger partial charge in [-0.25, -0.2) is 0 Å². The van der Waals surface area contributed by atoms with Crippen LogP contribution in [0.4, 0.5) is 0 Å². The number of Topliss-reactive ketones (excluding diaryl/α,β-unsaturated/α-hetero) is 1. The fourth-order valence-electron chi connectivity index (χ4n) is 2.90. The molecule has 0 N–H and O–H groups in total. The number of nitrogens with zero attached hydrogens (tertiary/aromatic N) is 1. The maximum Gasteiger partial charge on any atom is 0.261 e. The quantitative estimate of drug-likeness (QED) is 0.577. The van der Waals surface area contributed by atoms with Crippen molar-refractivity contribution in [3.8, 4) is 0 Å². The Balaban J connectivity index is 1.87. The Morgan fingerprint density at radius 3 is 1.92 bits per heavy atom. The molecule has 2 amide bonds. The molecule has 0 unspecified atom stereocenters. The predicted molar refractivity (Wildman–Crippen MR) is 85.7 cm³/mol. The Bertz CT molecular complexity index is 824. The average molecular weight is 336 g/mol. The number of carboxylic acids is 1. The first-order valence-corrected chi connectivity index (χ1v) is 7.73. The predicted octanol–water partition coefficient (Wildman–Crippen LogP) is 0.922. The Hall–Kier alpha value is -3.28. The second kappa shape index (κ2) is 6.68. The van der Waals surface area contributed by atoms with Crippen LogP contribution in [-0.2, 0) is 4.79 Å². The Kier molecular flexibility index (Phi) is 4.43. The largest absolute Gasteiger partial charge is 0.550 e. The molecule has 2 aromatic rings. The molecule has 2 aromatic carbocycles. The third-order valence-corrected chi connectivity index (χ3v) is 4.12. The second-order valence-electron chi connectivity index (χ2n) is 5.77. The molecule has 0 aliphatic carbocycles. The van der Waals surface area contributed by atoms with E-state index in [9.17, 15) is 24.3 Å². The maximum atomic E-state index is 12.6. The van der Waals surface area contributed by atoms with Crippen molar-refractivity contribution in [2.24, 2.45) is 5.92 Å². The molecule has 25 heavy (non-hydrogen) atoms. The number of imide groups is 1. The van der Waals surface area contributed by atoms with Crippen LogP contribution in [0.5, 0.6) is 0 Å². The zero-order chi connectivity index (χ0) is 18.0. The van der Waals surface area contributed by atoms with Crippen LogP contribution >= 0.6 is 0 Å². The van der Waals surface area contributed by atoms with Crippen LogP contribution in [0, 0.1) is 5.92 Å². The highest BCUT2D eigenvalue weighted by Crippen LogP contribution is 2.25. The van der Waals surface area contributed by atoms with Crippen molar-refractivity contribution in [1.29, 1.82) is 0 Å². The summed E-state index contributed by atoms with van der Waals surface area (Å²) in [6.07, 6.45) is -0.568. The molecule has 0 fully saturated rings. The van der Waals surface area contributed by atoms with Gasteiger partial charge < -0.3 is 9.90 Å². The lowest BCUT2D eigenvalue weighted by molar-refractivity contribution is -0.306. The number of carbonyl (C=O) groups excluding carboxylic acids is 4. The van der Waals surface area contributed by atoms with E-state index in [1.807, 2.05) is 0 Å². The van der Waals surface area contributed by atoms with E-state index in [1.165, 1.54) is 12.1 Å². The third kappa shape index (κ3) is 3.19. The van der Waals surface area contributed by atoms with Gasteiger partial charge >= 0.3 is 0 Å². The van der Waals surface area contributed by atoms with Crippen LogP contribution in [0.15, 0.2) is 54.6 Å². The number of aliphatic carboxylic acids is 1. The van der Waals surface area contributed by atoms with E-state index in [0.717, 1.165) is 4.90 Å². The lowest BCUT2D eigenvalue weighted by Crippen LogP contribution is -2.40. The normalized spacial score (nSPS) is 14.3. The van der Waals surface area contributed by atoms with Gasteiger partial charge in [0.05, 0.1) is 11.1 Å². The minimum absolute atomic E-state index is 0.256. The summed E-state index contributed by atoms with van der Waals surface area (Å²) in [5.74, 6) is -3.96. The summed E-state index contributed by atoms with van der Waals surface area (Å²) in [6, 6.07) is 14.5. The van der Waals surface area contributed by atoms with Gasteiger partial charge in [0.1, 0.15) is 0 Å². The highest BCUT2D eigenvalue weighted by molar-refractivity contribution is 6.21. The van der Waals surface area contributed by atoms with E-state index in [0.29, 0.717) is 5.56 Å². The van der Waals surface area contributed by atoms with E-state index in [2.05, 4.69) is 0 Å². The van der Waals surface area contributed by atoms with Crippen LogP contribution < -0.4 is 5.11 Å². The summed E-state index contributed by atoms with van der Waals surface area (Å²) in [4.78, 5) is 49.4. The van der Waals surface area contributed by atoms with Gasteiger partial charge in [-0.2, -0.15) is 0 Å². The molecule has 1 aliphatic rings. The first-order valence-electron chi connectivity index (χ1n) is 7.73. The number of fused-ring (bicyclic) bond motifs is 1. The Morgan fingerprint density at radius 1 is 0.880 bits per heavy atom. The summed E-state index contributed by atoms with van der Waals surface area (Å²) >= 11 is 0. The van der Waals surface area contributed by atoms with E-state index in [4.69, 9.17) is 0 Å². The number of hydrogen-bond donors (Lipinski definition) is 0. The summed E-state index contributed by atoms with van der Waals surface area (Å²) < 4.78 is 0. The van der Waals surface area contributed by atoms with Crippen LogP contribution in [0.3, 0.4) is 0 Å². The smallest absolute Gasteiger partial charge is 0.261 e. The van der Waals surface area contributed by atoms with Gasteiger partial charge in [0.25, 0.3) is 11.8 Å². The molecule has 6 nitrogen and oxygen atoms in total. The number of carbonyl (C=O) groups is 4.